The molecule has 0 atom stereocenters. The van der Waals surface area contributed by atoms with E-state index in [9.17, 15) is 9.59 Å². The van der Waals surface area contributed by atoms with E-state index >= 15 is 0 Å². The van der Waals surface area contributed by atoms with Crippen molar-refractivity contribution in [2.24, 2.45) is 5.92 Å². The van der Waals surface area contributed by atoms with Crippen molar-refractivity contribution in [2.75, 3.05) is 25.0 Å². The quantitative estimate of drug-likeness (QED) is 0.809. The van der Waals surface area contributed by atoms with Crippen LogP contribution < -0.4 is 10.1 Å². The number of urea groups is 1. The van der Waals surface area contributed by atoms with Gasteiger partial charge in [-0.2, -0.15) is 0 Å². The van der Waals surface area contributed by atoms with Crippen LogP contribution in [-0.2, 0) is 4.79 Å². The molecule has 0 radical (unpaired) electrons. The number of carboxylic acid groups (broad SMARTS) is 1. The Bertz CT molecular complexity index is 514. The molecule has 0 spiro atoms. The Morgan fingerprint density at radius 3 is 2.81 bits per heavy atom. The molecule has 6 heteroatoms. The zero-order valence-corrected chi connectivity index (χ0v) is 12.0. The standard InChI is InChI=1S/C15H20N2O4/c1-2-17(9-11-6-7-11)15(20)16-12-4-3-5-13(8-12)21-10-14(18)19/h3-5,8,11H,2,6-7,9-10H2,1H3,(H,16,20)(H,18,19). The van der Waals surface area contributed by atoms with Crippen LogP contribution in [0.2, 0.25) is 0 Å². The molecule has 114 valence electrons. The Balaban J connectivity index is 1.92. The van der Waals surface area contributed by atoms with E-state index in [4.69, 9.17) is 9.84 Å². The van der Waals surface area contributed by atoms with Gasteiger partial charge in [-0.25, -0.2) is 9.59 Å². The van der Waals surface area contributed by atoms with Crippen molar-refractivity contribution in [2.45, 2.75) is 19.8 Å². The second kappa shape index (κ2) is 6.97. The molecule has 1 aromatic rings. The van der Waals surface area contributed by atoms with E-state index in [1.807, 2.05) is 6.92 Å². The zero-order valence-electron chi connectivity index (χ0n) is 12.0. The highest BCUT2D eigenvalue weighted by Gasteiger charge is 2.25. The lowest BCUT2D eigenvalue weighted by Crippen LogP contribution is -2.36. The topological polar surface area (TPSA) is 78.9 Å². The van der Waals surface area contributed by atoms with Gasteiger partial charge in [0.25, 0.3) is 0 Å². The molecule has 21 heavy (non-hydrogen) atoms. The second-order valence-corrected chi connectivity index (χ2v) is 5.12. The molecule has 0 aromatic heterocycles. The van der Waals surface area contributed by atoms with Gasteiger partial charge in [-0.05, 0) is 37.8 Å². The van der Waals surface area contributed by atoms with Crippen LogP contribution >= 0.6 is 0 Å². The van der Waals surface area contributed by atoms with E-state index in [1.165, 1.54) is 12.8 Å². The number of ether oxygens (including phenoxy) is 1. The van der Waals surface area contributed by atoms with Gasteiger partial charge in [-0.15, -0.1) is 0 Å². The Hall–Kier alpha value is -2.24. The number of carbonyl (C=O) groups excluding carboxylic acids is 1. The molecular weight excluding hydrogens is 272 g/mol. The number of amides is 2. The Morgan fingerprint density at radius 1 is 1.43 bits per heavy atom. The third kappa shape index (κ3) is 4.98. The third-order valence-electron chi connectivity index (χ3n) is 3.29. The Kier molecular flexibility index (Phi) is 5.03. The predicted octanol–water partition coefficient (Wildman–Crippen LogP) is 2.41. The number of carbonyl (C=O) groups is 2. The lowest BCUT2D eigenvalue weighted by molar-refractivity contribution is -0.139. The van der Waals surface area contributed by atoms with Gasteiger partial charge in [-0.1, -0.05) is 6.07 Å². The van der Waals surface area contributed by atoms with Gasteiger partial charge in [0, 0.05) is 24.8 Å². The van der Waals surface area contributed by atoms with Crippen molar-refractivity contribution in [1.29, 1.82) is 0 Å². The molecule has 0 saturated heterocycles. The highest BCUT2D eigenvalue weighted by atomic mass is 16.5. The minimum Gasteiger partial charge on any atom is -0.482 e. The van der Waals surface area contributed by atoms with Gasteiger partial charge < -0.3 is 20.1 Å². The number of carboxylic acids is 1. The first-order valence-corrected chi connectivity index (χ1v) is 7.09. The smallest absolute Gasteiger partial charge is 0.341 e. The molecule has 1 aliphatic carbocycles. The van der Waals surface area contributed by atoms with Crippen LogP contribution in [0, 0.1) is 5.92 Å². The van der Waals surface area contributed by atoms with Crippen molar-refractivity contribution >= 4 is 17.7 Å². The number of nitrogens with one attached hydrogen (secondary N) is 1. The molecule has 6 nitrogen and oxygen atoms in total. The molecule has 1 aromatic carbocycles. The van der Waals surface area contributed by atoms with Crippen molar-refractivity contribution in [3.8, 4) is 5.75 Å². The first kappa shape index (κ1) is 15.2. The van der Waals surface area contributed by atoms with Crippen LogP contribution in [0.25, 0.3) is 0 Å². The summed E-state index contributed by atoms with van der Waals surface area (Å²) in [5, 5.41) is 11.4. The highest BCUT2D eigenvalue weighted by molar-refractivity contribution is 5.89. The van der Waals surface area contributed by atoms with Crippen LogP contribution in [0.3, 0.4) is 0 Å². The van der Waals surface area contributed by atoms with E-state index in [0.717, 1.165) is 6.54 Å². The van der Waals surface area contributed by atoms with Crippen molar-refractivity contribution in [3.63, 3.8) is 0 Å². The fraction of sp³-hybridized carbons (Fsp3) is 0.467. The van der Waals surface area contributed by atoms with E-state index in [0.29, 0.717) is 23.9 Å². The molecule has 1 saturated carbocycles. The maximum atomic E-state index is 12.2. The molecule has 1 aliphatic rings. The van der Waals surface area contributed by atoms with Crippen LogP contribution in [0.5, 0.6) is 5.75 Å². The lowest BCUT2D eigenvalue weighted by atomic mass is 10.3. The molecular formula is C15H20N2O4. The monoisotopic (exact) mass is 292 g/mol. The van der Waals surface area contributed by atoms with Gasteiger partial charge in [0.15, 0.2) is 6.61 Å². The van der Waals surface area contributed by atoms with E-state index in [2.05, 4.69) is 5.32 Å². The number of anilines is 1. The summed E-state index contributed by atoms with van der Waals surface area (Å²) in [5.41, 5.74) is 0.595. The molecule has 0 bridgehead atoms. The first-order chi connectivity index (χ1) is 10.1. The zero-order chi connectivity index (χ0) is 15.2. The number of hydrogen-bond donors (Lipinski definition) is 2. The minimum atomic E-state index is -1.04. The number of hydrogen-bond acceptors (Lipinski definition) is 3. The average molecular weight is 292 g/mol. The van der Waals surface area contributed by atoms with Gasteiger partial charge >= 0.3 is 12.0 Å². The summed E-state index contributed by atoms with van der Waals surface area (Å²) in [6.45, 7) is 3.00. The largest absolute Gasteiger partial charge is 0.482 e. The maximum absolute atomic E-state index is 12.2. The molecule has 2 rings (SSSR count). The van der Waals surface area contributed by atoms with Crippen LogP contribution in [0.1, 0.15) is 19.8 Å². The fourth-order valence-corrected chi connectivity index (χ4v) is 1.98. The molecule has 2 amide bonds. The number of benzene rings is 1. The first-order valence-electron chi connectivity index (χ1n) is 7.09. The predicted molar refractivity (Wildman–Crippen MR) is 78.6 cm³/mol. The van der Waals surface area contributed by atoms with Gasteiger partial charge in [-0.3, -0.25) is 0 Å². The number of nitrogens with zero attached hydrogens (tertiary/aromatic N) is 1. The lowest BCUT2D eigenvalue weighted by Gasteiger charge is -2.21. The maximum Gasteiger partial charge on any atom is 0.341 e. The summed E-state index contributed by atoms with van der Waals surface area (Å²) in [7, 11) is 0. The number of rotatable bonds is 7. The molecule has 1 fully saturated rings. The summed E-state index contributed by atoms with van der Waals surface area (Å²) in [6.07, 6.45) is 2.39. The number of aliphatic carboxylic acids is 1. The molecule has 2 N–H and O–H groups in total. The van der Waals surface area contributed by atoms with E-state index in [-0.39, 0.29) is 6.03 Å². The van der Waals surface area contributed by atoms with Crippen LogP contribution in [-0.4, -0.2) is 41.7 Å². The summed E-state index contributed by atoms with van der Waals surface area (Å²) < 4.78 is 5.09. The van der Waals surface area contributed by atoms with E-state index < -0.39 is 12.6 Å². The normalized spacial score (nSPS) is 13.6. The summed E-state index contributed by atoms with van der Waals surface area (Å²) in [5.74, 6) is 0.0207. The van der Waals surface area contributed by atoms with E-state index in [1.54, 1.807) is 29.2 Å². The van der Waals surface area contributed by atoms with Crippen molar-refractivity contribution in [1.82, 2.24) is 4.90 Å². The average Bonchev–Trinajstić information content (AvgIpc) is 3.27. The van der Waals surface area contributed by atoms with Gasteiger partial charge in [0.2, 0.25) is 0 Å². The van der Waals surface area contributed by atoms with Gasteiger partial charge in [0.05, 0.1) is 0 Å². The minimum absolute atomic E-state index is 0.139. The second-order valence-electron chi connectivity index (χ2n) is 5.12. The Morgan fingerprint density at radius 2 is 2.19 bits per heavy atom. The van der Waals surface area contributed by atoms with Gasteiger partial charge in [0.1, 0.15) is 5.75 Å². The van der Waals surface area contributed by atoms with Crippen LogP contribution in [0.4, 0.5) is 10.5 Å². The third-order valence-corrected chi connectivity index (χ3v) is 3.29. The van der Waals surface area contributed by atoms with Crippen LogP contribution in [0.15, 0.2) is 24.3 Å². The molecule has 0 heterocycles. The Labute approximate surface area is 123 Å². The summed E-state index contributed by atoms with van der Waals surface area (Å²) >= 11 is 0. The molecule has 0 aliphatic heterocycles. The summed E-state index contributed by atoms with van der Waals surface area (Å²) in [4.78, 5) is 24.4. The summed E-state index contributed by atoms with van der Waals surface area (Å²) in [6, 6.07) is 6.59. The SMILES string of the molecule is CCN(CC1CC1)C(=O)Nc1cccc(OCC(=O)O)c1. The highest BCUT2D eigenvalue weighted by Crippen LogP contribution is 2.29. The van der Waals surface area contributed by atoms with Crippen molar-refractivity contribution < 1.29 is 19.4 Å². The molecule has 0 unspecified atom stereocenters. The van der Waals surface area contributed by atoms with Crippen molar-refractivity contribution in [3.05, 3.63) is 24.3 Å². The fourth-order valence-electron chi connectivity index (χ4n) is 1.98.